The van der Waals surface area contributed by atoms with Crippen LogP contribution in [0.3, 0.4) is 0 Å². The molecular formula is C23H32IN5O3. The number of rotatable bonds is 8. The molecule has 1 unspecified atom stereocenters. The molecule has 0 spiro atoms. The van der Waals surface area contributed by atoms with Gasteiger partial charge < -0.3 is 25.4 Å². The maximum absolute atomic E-state index is 11.3. The van der Waals surface area contributed by atoms with Crippen molar-refractivity contribution >= 4 is 35.8 Å². The highest BCUT2D eigenvalue weighted by Gasteiger charge is 2.23. The van der Waals surface area contributed by atoms with Gasteiger partial charge in [0.2, 0.25) is 11.8 Å². The van der Waals surface area contributed by atoms with Crippen LogP contribution >= 0.6 is 24.0 Å². The zero-order valence-electron chi connectivity index (χ0n) is 18.6. The maximum atomic E-state index is 11.3. The molecule has 8 nitrogen and oxygen atoms in total. The third kappa shape index (κ3) is 7.85. The van der Waals surface area contributed by atoms with E-state index in [2.05, 4.69) is 20.2 Å². The number of primary amides is 1. The molecule has 1 aromatic carbocycles. The van der Waals surface area contributed by atoms with E-state index in [9.17, 15) is 4.79 Å². The van der Waals surface area contributed by atoms with E-state index >= 15 is 0 Å². The Bertz CT molecular complexity index is 891. The van der Waals surface area contributed by atoms with E-state index in [-0.39, 0.29) is 35.8 Å². The third-order valence-corrected chi connectivity index (χ3v) is 5.13. The number of nitrogens with two attached hydrogens (primary N) is 1. The minimum Gasteiger partial charge on any atom is -0.494 e. The molecule has 1 amide bonds. The number of ether oxygens (including phenoxy) is 2. The van der Waals surface area contributed by atoms with Crippen molar-refractivity contribution in [2.24, 2.45) is 16.6 Å². The van der Waals surface area contributed by atoms with Gasteiger partial charge in [-0.2, -0.15) is 0 Å². The third-order valence-electron chi connectivity index (χ3n) is 5.13. The largest absolute Gasteiger partial charge is 0.494 e. The molecule has 32 heavy (non-hydrogen) atoms. The van der Waals surface area contributed by atoms with Gasteiger partial charge in [-0.05, 0) is 61.6 Å². The zero-order chi connectivity index (χ0) is 22.1. The monoisotopic (exact) mass is 553 g/mol. The number of likely N-dealkylation sites (tertiary alicyclic amines) is 1. The number of hydrogen-bond donors (Lipinski definition) is 2. The minimum absolute atomic E-state index is 0. The van der Waals surface area contributed by atoms with Crippen molar-refractivity contribution in [2.75, 3.05) is 26.7 Å². The highest BCUT2D eigenvalue weighted by molar-refractivity contribution is 14.0. The van der Waals surface area contributed by atoms with Crippen LogP contribution in [0, 0.1) is 5.92 Å². The summed E-state index contributed by atoms with van der Waals surface area (Å²) in [5.74, 6) is 2.89. The summed E-state index contributed by atoms with van der Waals surface area (Å²) in [4.78, 5) is 22.2. The molecule has 1 aliphatic heterocycles. The molecule has 2 aromatic rings. The first-order chi connectivity index (χ1) is 15.1. The van der Waals surface area contributed by atoms with Gasteiger partial charge in [0.1, 0.15) is 11.5 Å². The lowest BCUT2D eigenvalue weighted by Gasteiger charge is -2.34. The summed E-state index contributed by atoms with van der Waals surface area (Å²) in [7, 11) is 1.77. The van der Waals surface area contributed by atoms with Crippen molar-refractivity contribution < 1.29 is 14.3 Å². The van der Waals surface area contributed by atoms with Gasteiger partial charge in [-0.1, -0.05) is 0 Å². The van der Waals surface area contributed by atoms with Crippen molar-refractivity contribution in [1.82, 2.24) is 15.2 Å². The highest BCUT2D eigenvalue weighted by Crippen LogP contribution is 2.23. The summed E-state index contributed by atoms with van der Waals surface area (Å²) in [5.41, 5.74) is 6.41. The van der Waals surface area contributed by atoms with E-state index in [4.69, 9.17) is 15.2 Å². The Morgan fingerprint density at radius 2 is 2.03 bits per heavy atom. The van der Waals surface area contributed by atoms with Gasteiger partial charge in [-0.3, -0.25) is 9.79 Å². The Morgan fingerprint density at radius 1 is 1.28 bits per heavy atom. The van der Waals surface area contributed by atoms with Crippen LogP contribution in [0.1, 0.15) is 31.7 Å². The zero-order valence-corrected chi connectivity index (χ0v) is 21.0. The number of nitrogens with zero attached hydrogens (tertiary/aromatic N) is 3. The average Bonchev–Trinajstić information content (AvgIpc) is 2.76. The lowest BCUT2D eigenvalue weighted by atomic mass is 9.95. The summed E-state index contributed by atoms with van der Waals surface area (Å²) < 4.78 is 11.3. The number of aliphatic imine (C=N–C) groups is 1. The molecule has 0 bridgehead atoms. The SMILES string of the molecule is CCOc1ccc(Oc2cc(CNC(=NC)N3CCCC(CC(N)=O)C3)ccn2)cc1.I. The molecule has 9 heteroatoms. The molecule has 2 heterocycles. The Hall–Kier alpha value is -2.56. The van der Waals surface area contributed by atoms with E-state index < -0.39 is 0 Å². The summed E-state index contributed by atoms with van der Waals surface area (Å²) in [6.07, 6.45) is 4.19. The summed E-state index contributed by atoms with van der Waals surface area (Å²) >= 11 is 0. The number of piperidine rings is 1. The van der Waals surface area contributed by atoms with Crippen LogP contribution in [-0.2, 0) is 11.3 Å². The number of nitrogens with one attached hydrogen (secondary N) is 1. The molecule has 3 N–H and O–H groups in total. The van der Waals surface area contributed by atoms with Crippen molar-refractivity contribution in [3.63, 3.8) is 0 Å². The van der Waals surface area contributed by atoms with Crippen LogP contribution < -0.4 is 20.5 Å². The van der Waals surface area contributed by atoms with Gasteiger partial charge in [0.05, 0.1) is 6.61 Å². The molecule has 0 saturated carbocycles. The van der Waals surface area contributed by atoms with E-state index in [0.29, 0.717) is 31.2 Å². The van der Waals surface area contributed by atoms with Gasteiger partial charge in [0, 0.05) is 45.4 Å². The second-order valence-electron chi connectivity index (χ2n) is 7.53. The van der Waals surface area contributed by atoms with Gasteiger partial charge >= 0.3 is 0 Å². The van der Waals surface area contributed by atoms with Crippen molar-refractivity contribution in [2.45, 2.75) is 32.7 Å². The van der Waals surface area contributed by atoms with Gasteiger partial charge in [0.15, 0.2) is 5.96 Å². The second-order valence-corrected chi connectivity index (χ2v) is 7.53. The molecular weight excluding hydrogens is 521 g/mol. The molecule has 1 atom stereocenters. The standard InChI is InChI=1S/C23H31N5O3.HI/c1-3-30-19-6-8-20(9-7-19)31-22-14-17(10-11-26-22)15-27-23(25-2)28-12-4-5-18(16-28)13-21(24)29;/h6-11,14,18H,3-5,12-13,15-16H2,1-2H3,(H2,24,29)(H,25,27);1H. The van der Waals surface area contributed by atoms with Crippen molar-refractivity contribution in [3.8, 4) is 17.4 Å². The summed E-state index contributed by atoms with van der Waals surface area (Å²) in [6, 6.07) is 11.3. The number of benzene rings is 1. The number of guanidine groups is 1. The van der Waals surface area contributed by atoms with Crippen molar-refractivity contribution in [1.29, 1.82) is 0 Å². The maximum Gasteiger partial charge on any atom is 0.219 e. The Kier molecular flexibility index (Phi) is 10.5. The molecule has 3 rings (SSSR count). The number of hydrogen-bond acceptors (Lipinski definition) is 5. The summed E-state index contributed by atoms with van der Waals surface area (Å²) in [5, 5.41) is 3.40. The predicted octanol–water partition coefficient (Wildman–Crippen LogP) is 3.55. The van der Waals surface area contributed by atoms with Gasteiger partial charge in [0.25, 0.3) is 0 Å². The van der Waals surface area contributed by atoms with Crippen molar-refractivity contribution in [3.05, 3.63) is 48.2 Å². The van der Waals surface area contributed by atoms with Crippen LogP contribution in [0.25, 0.3) is 0 Å². The number of carbonyl (C=O) groups is 1. The topological polar surface area (TPSA) is 102 Å². The first kappa shape index (κ1) is 25.7. The van der Waals surface area contributed by atoms with Crippen LogP contribution in [0.2, 0.25) is 0 Å². The molecule has 1 fully saturated rings. The lowest BCUT2D eigenvalue weighted by Crippen LogP contribution is -2.46. The lowest BCUT2D eigenvalue weighted by molar-refractivity contribution is -0.119. The molecule has 1 saturated heterocycles. The van der Waals surface area contributed by atoms with E-state index in [0.717, 1.165) is 43.2 Å². The Balaban J connectivity index is 0.00000363. The first-order valence-corrected chi connectivity index (χ1v) is 10.7. The smallest absolute Gasteiger partial charge is 0.219 e. The molecule has 174 valence electrons. The number of pyridine rings is 1. The molecule has 0 aliphatic carbocycles. The van der Waals surface area contributed by atoms with Crippen LogP contribution in [0.4, 0.5) is 0 Å². The fourth-order valence-electron chi connectivity index (χ4n) is 3.73. The quantitative estimate of drug-likeness (QED) is 0.295. The molecule has 1 aromatic heterocycles. The minimum atomic E-state index is -0.244. The summed E-state index contributed by atoms with van der Waals surface area (Å²) in [6.45, 7) is 4.87. The molecule has 0 radical (unpaired) electrons. The van der Waals surface area contributed by atoms with Crippen LogP contribution in [0.5, 0.6) is 17.4 Å². The Labute approximate surface area is 206 Å². The van der Waals surface area contributed by atoms with E-state index in [1.165, 1.54) is 0 Å². The van der Waals surface area contributed by atoms with E-state index in [1.807, 2.05) is 43.3 Å². The Morgan fingerprint density at radius 3 is 2.72 bits per heavy atom. The number of carbonyl (C=O) groups excluding carboxylic acids is 1. The molecule has 1 aliphatic rings. The van der Waals surface area contributed by atoms with E-state index in [1.54, 1.807) is 13.2 Å². The fourth-order valence-corrected chi connectivity index (χ4v) is 3.73. The second kappa shape index (κ2) is 13.1. The van der Waals surface area contributed by atoms with Crippen LogP contribution in [0.15, 0.2) is 47.6 Å². The fraction of sp³-hybridized carbons (Fsp3) is 0.435. The first-order valence-electron chi connectivity index (χ1n) is 10.7. The number of amides is 1. The normalized spacial score (nSPS) is 16.1. The highest BCUT2D eigenvalue weighted by atomic mass is 127. The average molecular weight is 553 g/mol. The van der Waals surface area contributed by atoms with Gasteiger partial charge in [-0.15, -0.1) is 24.0 Å². The van der Waals surface area contributed by atoms with Crippen LogP contribution in [-0.4, -0.2) is 48.5 Å². The van der Waals surface area contributed by atoms with Gasteiger partial charge in [-0.25, -0.2) is 4.98 Å². The predicted molar refractivity (Wildman–Crippen MR) is 136 cm³/mol. The number of aromatic nitrogens is 1. The number of halogens is 1.